The molecule has 1 rings (SSSR count). The van der Waals surface area contributed by atoms with Gasteiger partial charge in [0.05, 0.1) is 0 Å². The van der Waals surface area contributed by atoms with Crippen LogP contribution in [0.25, 0.3) is 6.08 Å². The lowest BCUT2D eigenvalue weighted by atomic mass is 9.87. The zero-order chi connectivity index (χ0) is 13.6. The van der Waals surface area contributed by atoms with Gasteiger partial charge in [0.25, 0.3) is 0 Å². The van der Waals surface area contributed by atoms with Gasteiger partial charge in [0.15, 0.2) is 0 Å². The van der Waals surface area contributed by atoms with Crippen molar-refractivity contribution in [2.75, 3.05) is 0 Å². The Morgan fingerprint density at radius 2 is 1.61 bits per heavy atom. The Bertz CT molecular complexity index is 525. The van der Waals surface area contributed by atoms with E-state index >= 15 is 0 Å². The highest BCUT2D eigenvalue weighted by atomic mass is 14.3. The third-order valence-corrected chi connectivity index (χ3v) is 2.57. The summed E-state index contributed by atoms with van der Waals surface area (Å²) in [5.41, 5.74) is 2.59. The maximum absolute atomic E-state index is 8.57. The van der Waals surface area contributed by atoms with Gasteiger partial charge in [-0.15, -0.1) is 0 Å². The fourth-order valence-corrected chi connectivity index (χ4v) is 1.45. The summed E-state index contributed by atoms with van der Waals surface area (Å²) in [6.07, 6.45) is 5.10. The van der Waals surface area contributed by atoms with E-state index < -0.39 is 0 Å². The summed E-state index contributed by atoms with van der Waals surface area (Å²) in [7, 11) is 0. The Labute approximate surface area is 108 Å². The highest BCUT2D eigenvalue weighted by Gasteiger charge is 2.12. The molecule has 2 heteroatoms. The molecule has 90 valence electrons. The highest BCUT2D eigenvalue weighted by molar-refractivity contribution is 5.53. The van der Waals surface area contributed by atoms with Crippen molar-refractivity contribution in [2.45, 2.75) is 26.2 Å². The van der Waals surface area contributed by atoms with Crippen LogP contribution in [-0.4, -0.2) is 0 Å². The molecule has 0 aliphatic carbocycles. The van der Waals surface area contributed by atoms with E-state index in [2.05, 4.69) is 32.9 Å². The van der Waals surface area contributed by atoms with E-state index in [0.717, 1.165) is 5.56 Å². The summed E-state index contributed by atoms with van der Waals surface area (Å²) in [6.45, 7) is 6.52. The van der Waals surface area contributed by atoms with Crippen LogP contribution in [-0.2, 0) is 5.41 Å². The van der Waals surface area contributed by atoms with Crippen molar-refractivity contribution in [1.29, 1.82) is 10.5 Å². The number of hydrogen-bond acceptors (Lipinski definition) is 2. The fraction of sp³-hybridized carbons (Fsp3) is 0.250. The molecule has 0 bridgehead atoms. The van der Waals surface area contributed by atoms with E-state index in [0.29, 0.717) is 0 Å². The van der Waals surface area contributed by atoms with Crippen molar-refractivity contribution in [3.63, 3.8) is 0 Å². The summed E-state index contributed by atoms with van der Waals surface area (Å²) < 4.78 is 0. The molecule has 0 atom stereocenters. The van der Waals surface area contributed by atoms with E-state index in [1.54, 1.807) is 6.08 Å². The first-order chi connectivity index (χ1) is 8.47. The van der Waals surface area contributed by atoms with Crippen molar-refractivity contribution in [2.24, 2.45) is 0 Å². The maximum atomic E-state index is 8.57. The van der Waals surface area contributed by atoms with Crippen LogP contribution in [0.2, 0.25) is 0 Å². The molecule has 0 aromatic heterocycles. The monoisotopic (exact) mass is 236 g/mol. The van der Waals surface area contributed by atoms with Gasteiger partial charge in [0.1, 0.15) is 17.7 Å². The molecular formula is C16H16N2. The van der Waals surface area contributed by atoms with Crippen LogP contribution in [0.5, 0.6) is 0 Å². The number of rotatable bonds is 2. The Morgan fingerprint density at radius 1 is 1.06 bits per heavy atom. The predicted molar refractivity (Wildman–Crippen MR) is 73.5 cm³/mol. The summed E-state index contributed by atoms with van der Waals surface area (Å²) >= 11 is 0. The van der Waals surface area contributed by atoms with Gasteiger partial charge >= 0.3 is 0 Å². The van der Waals surface area contributed by atoms with Crippen molar-refractivity contribution in [3.05, 3.63) is 53.1 Å². The van der Waals surface area contributed by atoms with Gasteiger partial charge in [-0.3, -0.25) is 0 Å². The van der Waals surface area contributed by atoms with Gasteiger partial charge in [0, 0.05) is 0 Å². The van der Waals surface area contributed by atoms with E-state index in [4.69, 9.17) is 10.5 Å². The Hall–Kier alpha value is -2.32. The first-order valence-electron chi connectivity index (χ1n) is 5.76. The van der Waals surface area contributed by atoms with Crippen LogP contribution >= 0.6 is 0 Å². The molecule has 0 radical (unpaired) electrons. The van der Waals surface area contributed by atoms with Crippen molar-refractivity contribution in [1.82, 2.24) is 0 Å². The second-order valence-corrected chi connectivity index (χ2v) is 5.04. The Balaban J connectivity index is 2.84. The molecule has 1 aromatic carbocycles. The van der Waals surface area contributed by atoms with Gasteiger partial charge in [-0.05, 0) is 22.6 Å². The normalized spacial score (nSPS) is 10.7. The summed E-state index contributed by atoms with van der Waals surface area (Å²) in [6, 6.07) is 11.9. The largest absolute Gasteiger partial charge is 0.192 e. The van der Waals surface area contributed by atoms with Crippen LogP contribution in [0.1, 0.15) is 31.9 Å². The SMILES string of the molecule is CC(C)(C)c1ccc(/C=C/C=C(C#N)C#N)cc1. The second kappa shape index (κ2) is 5.84. The molecule has 0 N–H and O–H groups in total. The molecule has 0 saturated carbocycles. The van der Waals surface area contributed by atoms with Crippen LogP contribution in [0.4, 0.5) is 0 Å². The summed E-state index contributed by atoms with van der Waals surface area (Å²) in [4.78, 5) is 0. The van der Waals surface area contributed by atoms with Gasteiger partial charge in [-0.2, -0.15) is 10.5 Å². The lowest BCUT2D eigenvalue weighted by Gasteiger charge is -2.18. The number of hydrogen-bond donors (Lipinski definition) is 0. The van der Waals surface area contributed by atoms with Crippen LogP contribution in [0.3, 0.4) is 0 Å². The lowest BCUT2D eigenvalue weighted by Crippen LogP contribution is -2.10. The number of benzene rings is 1. The smallest absolute Gasteiger partial charge is 0.129 e. The van der Waals surface area contributed by atoms with Crippen molar-refractivity contribution < 1.29 is 0 Å². The zero-order valence-electron chi connectivity index (χ0n) is 10.9. The van der Waals surface area contributed by atoms with Gasteiger partial charge < -0.3 is 0 Å². The van der Waals surface area contributed by atoms with Crippen molar-refractivity contribution in [3.8, 4) is 12.1 Å². The Kier molecular flexibility index (Phi) is 4.46. The third-order valence-electron chi connectivity index (χ3n) is 2.57. The first-order valence-corrected chi connectivity index (χ1v) is 5.76. The third kappa shape index (κ3) is 3.92. The van der Waals surface area contributed by atoms with Gasteiger partial charge in [-0.1, -0.05) is 57.2 Å². The van der Waals surface area contributed by atoms with Crippen LogP contribution in [0.15, 0.2) is 42.0 Å². The number of nitrogens with zero attached hydrogens (tertiary/aromatic N) is 2. The minimum Gasteiger partial charge on any atom is -0.192 e. The molecule has 0 fully saturated rings. The van der Waals surface area contributed by atoms with E-state index in [9.17, 15) is 0 Å². The van der Waals surface area contributed by atoms with Gasteiger partial charge in [0.2, 0.25) is 0 Å². The molecule has 0 unspecified atom stereocenters. The molecule has 1 aromatic rings. The number of nitriles is 2. The van der Waals surface area contributed by atoms with Crippen LogP contribution in [0, 0.1) is 22.7 Å². The average molecular weight is 236 g/mol. The molecule has 0 aliphatic rings. The van der Waals surface area contributed by atoms with Crippen molar-refractivity contribution >= 4 is 6.08 Å². The van der Waals surface area contributed by atoms with E-state index in [-0.39, 0.29) is 11.0 Å². The molecular weight excluding hydrogens is 220 g/mol. The zero-order valence-corrected chi connectivity index (χ0v) is 10.9. The quantitative estimate of drug-likeness (QED) is 0.576. The van der Waals surface area contributed by atoms with E-state index in [1.807, 2.05) is 30.3 Å². The Morgan fingerprint density at radius 3 is 2.06 bits per heavy atom. The molecule has 0 heterocycles. The van der Waals surface area contributed by atoms with E-state index in [1.165, 1.54) is 11.6 Å². The molecule has 0 aliphatic heterocycles. The van der Waals surface area contributed by atoms with Crippen LogP contribution < -0.4 is 0 Å². The minimum atomic E-state index is 0.109. The molecule has 0 amide bonds. The lowest BCUT2D eigenvalue weighted by molar-refractivity contribution is 0.590. The standard InChI is InChI=1S/C16H16N2/c1-16(2,3)15-9-7-13(8-10-15)5-4-6-14(11-17)12-18/h4-10H,1-3H3/b5-4+. The maximum Gasteiger partial charge on any atom is 0.129 e. The molecule has 0 spiro atoms. The molecule has 2 nitrogen and oxygen atoms in total. The fourth-order valence-electron chi connectivity index (χ4n) is 1.45. The number of allylic oxidation sites excluding steroid dienone is 3. The topological polar surface area (TPSA) is 47.6 Å². The second-order valence-electron chi connectivity index (χ2n) is 5.04. The van der Waals surface area contributed by atoms with Gasteiger partial charge in [-0.25, -0.2) is 0 Å². The molecule has 0 saturated heterocycles. The summed E-state index contributed by atoms with van der Waals surface area (Å²) in [5.74, 6) is 0. The minimum absolute atomic E-state index is 0.109. The average Bonchev–Trinajstić information content (AvgIpc) is 2.34. The highest BCUT2D eigenvalue weighted by Crippen LogP contribution is 2.22. The molecule has 18 heavy (non-hydrogen) atoms. The predicted octanol–water partition coefficient (Wildman–Crippen LogP) is 3.97. The summed E-state index contributed by atoms with van der Waals surface area (Å²) in [5, 5.41) is 17.1. The first kappa shape index (κ1) is 13.7.